The maximum absolute atomic E-state index is 6.08. The number of hydrogen-bond acceptors (Lipinski definition) is 2. The van der Waals surface area contributed by atoms with Crippen molar-refractivity contribution < 1.29 is 0 Å². The molecule has 1 heterocycles. The summed E-state index contributed by atoms with van der Waals surface area (Å²) in [4.78, 5) is 0. The summed E-state index contributed by atoms with van der Waals surface area (Å²) in [7, 11) is 0. The van der Waals surface area contributed by atoms with E-state index in [0.717, 1.165) is 13.0 Å². The Morgan fingerprint density at radius 1 is 1.31 bits per heavy atom. The maximum atomic E-state index is 6.08. The van der Waals surface area contributed by atoms with Crippen molar-refractivity contribution in [3.8, 4) is 0 Å². The molecule has 1 rings (SSSR count). The third-order valence-corrected chi connectivity index (χ3v) is 3.16. The topological polar surface area (TPSA) is 38.0 Å². The first-order valence-corrected chi connectivity index (χ1v) is 5.81. The lowest BCUT2D eigenvalue weighted by molar-refractivity contribution is 0.362. The zero-order valence-electron chi connectivity index (χ0n) is 8.89. The lowest BCUT2D eigenvalue weighted by Gasteiger charge is -2.22. The van der Waals surface area contributed by atoms with Crippen LogP contribution >= 0.6 is 0 Å². The van der Waals surface area contributed by atoms with Gasteiger partial charge < -0.3 is 11.1 Å². The number of hydrogen-bond donors (Lipinski definition) is 2. The van der Waals surface area contributed by atoms with Crippen molar-refractivity contribution in [2.45, 2.75) is 51.5 Å². The average Bonchev–Trinajstić information content (AvgIpc) is 2.29. The summed E-state index contributed by atoms with van der Waals surface area (Å²) in [6, 6.07) is 0.408. The van der Waals surface area contributed by atoms with Gasteiger partial charge in [0.15, 0.2) is 0 Å². The molecule has 2 atom stereocenters. The average molecular weight is 184 g/mol. The third kappa shape index (κ3) is 4.10. The second-order valence-corrected chi connectivity index (χ2v) is 4.24. The van der Waals surface area contributed by atoms with Crippen LogP contribution in [-0.4, -0.2) is 19.1 Å². The van der Waals surface area contributed by atoms with Crippen LogP contribution in [0.1, 0.15) is 45.4 Å². The minimum Gasteiger partial charge on any atom is -0.327 e. The molecule has 0 amide bonds. The highest BCUT2D eigenvalue weighted by atomic mass is 14.9. The van der Waals surface area contributed by atoms with E-state index in [1.165, 1.54) is 38.6 Å². The fourth-order valence-electron chi connectivity index (χ4n) is 2.10. The Hall–Kier alpha value is -0.0800. The molecule has 3 N–H and O–H groups in total. The normalized spacial score (nSPS) is 28.6. The third-order valence-electron chi connectivity index (χ3n) is 3.16. The molecule has 1 fully saturated rings. The van der Waals surface area contributed by atoms with Gasteiger partial charge in [0.05, 0.1) is 0 Å². The monoisotopic (exact) mass is 184 g/mol. The molecule has 78 valence electrons. The van der Waals surface area contributed by atoms with E-state index in [1.807, 2.05) is 0 Å². The summed E-state index contributed by atoms with van der Waals surface area (Å²) in [5.41, 5.74) is 6.08. The van der Waals surface area contributed by atoms with E-state index in [-0.39, 0.29) is 0 Å². The maximum Gasteiger partial charge on any atom is 0.00766 e. The predicted molar refractivity (Wildman–Crippen MR) is 57.7 cm³/mol. The van der Waals surface area contributed by atoms with Gasteiger partial charge in [-0.1, -0.05) is 26.2 Å². The Bertz CT molecular complexity index is 115. The quantitative estimate of drug-likeness (QED) is 0.688. The van der Waals surface area contributed by atoms with Crippen LogP contribution in [0.3, 0.4) is 0 Å². The molecule has 0 saturated carbocycles. The molecule has 2 unspecified atom stereocenters. The molecule has 2 nitrogen and oxygen atoms in total. The molecule has 0 aromatic rings. The summed E-state index contributed by atoms with van der Waals surface area (Å²) in [5.74, 6) is 0.711. The Morgan fingerprint density at radius 3 is 2.85 bits per heavy atom. The number of rotatable bonds is 2. The van der Waals surface area contributed by atoms with E-state index in [2.05, 4.69) is 12.2 Å². The highest BCUT2D eigenvalue weighted by Crippen LogP contribution is 2.16. The second-order valence-electron chi connectivity index (χ2n) is 4.24. The van der Waals surface area contributed by atoms with Crippen LogP contribution in [0.2, 0.25) is 0 Å². The molecule has 0 bridgehead atoms. The SMILES string of the molecule is CCC(N)C1CCCCCCNC1. The molecular formula is C11H24N2. The van der Waals surface area contributed by atoms with E-state index in [9.17, 15) is 0 Å². The molecule has 0 aromatic carbocycles. The van der Waals surface area contributed by atoms with Crippen molar-refractivity contribution >= 4 is 0 Å². The summed E-state index contributed by atoms with van der Waals surface area (Å²) in [6.07, 6.45) is 7.94. The van der Waals surface area contributed by atoms with Crippen LogP contribution in [0.5, 0.6) is 0 Å². The predicted octanol–water partition coefficient (Wildman–Crippen LogP) is 1.89. The summed E-state index contributed by atoms with van der Waals surface area (Å²) in [5, 5.41) is 3.51. The van der Waals surface area contributed by atoms with Crippen molar-refractivity contribution in [2.75, 3.05) is 13.1 Å². The molecule has 0 aliphatic carbocycles. The smallest absolute Gasteiger partial charge is 0.00766 e. The fraction of sp³-hybridized carbons (Fsp3) is 1.00. The van der Waals surface area contributed by atoms with E-state index < -0.39 is 0 Å². The summed E-state index contributed by atoms with van der Waals surface area (Å²) < 4.78 is 0. The molecule has 0 spiro atoms. The largest absolute Gasteiger partial charge is 0.327 e. The Balaban J connectivity index is 2.31. The van der Waals surface area contributed by atoms with Crippen molar-refractivity contribution in [1.29, 1.82) is 0 Å². The van der Waals surface area contributed by atoms with Gasteiger partial charge in [0.25, 0.3) is 0 Å². The second kappa shape index (κ2) is 6.39. The van der Waals surface area contributed by atoms with E-state index in [1.54, 1.807) is 0 Å². The lowest BCUT2D eigenvalue weighted by Crippen LogP contribution is -2.36. The number of nitrogens with two attached hydrogens (primary N) is 1. The number of nitrogens with one attached hydrogen (secondary N) is 1. The Kier molecular flexibility index (Phi) is 5.40. The van der Waals surface area contributed by atoms with Crippen LogP contribution in [0, 0.1) is 5.92 Å². The van der Waals surface area contributed by atoms with Crippen molar-refractivity contribution in [2.24, 2.45) is 11.7 Å². The first kappa shape index (κ1) is 11.0. The van der Waals surface area contributed by atoms with Gasteiger partial charge in [0, 0.05) is 6.04 Å². The van der Waals surface area contributed by atoms with Gasteiger partial charge in [-0.05, 0) is 38.3 Å². The highest BCUT2D eigenvalue weighted by molar-refractivity contribution is 4.74. The van der Waals surface area contributed by atoms with Gasteiger partial charge in [0.1, 0.15) is 0 Å². The molecule has 13 heavy (non-hydrogen) atoms. The molecule has 0 aromatic heterocycles. The highest BCUT2D eigenvalue weighted by Gasteiger charge is 2.16. The van der Waals surface area contributed by atoms with Crippen LogP contribution in [0.15, 0.2) is 0 Å². The van der Waals surface area contributed by atoms with Crippen LogP contribution in [-0.2, 0) is 0 Å². The Labute approximate surface area is 82.3 Å². The zero-order valence-corrected chi connectivity index (χ0v) is 8.89. The zero-order chi connectivity index (χ0) is 9.52. The van der Waals surface area contributed by atoms with Gasteiger partial charge in [0.2, 0.25) is 0 Å². The van der Waals surface area contributed by atoms with E-state index in [4.69, 9.17) is 5.73 Å². The summed E-state index contributed by atoms with van der Waals surface area (Å²) in [6.45, 7) is 4.51. The molecule has 1 aliphatic heterocycles. The molecule has 1 saturated heterocycles. The first-order chi connectivity index (χ1) is 6.34. The van der Waals surface area contributed by atoms with Crippen molar-refractivity contribution in [3.63, 3.8) is 0 Å². The minimum atomic E-state index is 0.408. The van der Waals surface area contributed by atoms with Crippen molar-refractivity contribution in [1.82, 2.24) is 5.32 Å². The van der Waals surface area contributed by atoms with E-state index in [0.29, 0.717) is 12.0 Å². The van der Waals surface area contributed by atoms with Gasteiger partial charge in [-0.25, -0.2) is 0 Å². The van der Waals surface area contributed by atoms with Crippen LogP contribution in [0.25, 0.3) is 0 Å². The van der Waals surface area contributed by atoms with Crippen LogP contribution in [0.4, 0.5) is 0 Å². The van der Waals surface area contributed by atoms with E-state index >= 15 is 0 Å². The first-order valence-electron chi connectivity index (χ1n) is 5.81. The van der Waals surface area contributed by atoms with Gasteiger partial charge in [-0.15, -0.1) is 0 Å². The van der Waals surface area contributed by atoms with Gasteiger partial charge in [-0.2, -0.15) is 0 Å². The molecule has 1 aliphatic rings. The Morgan fingerprint density at radius 2 is 2.08 bits per heavy atom. The fourth-order valence-corrected chi connectivity index (χ4v) is 2.10. The summed E-state index contributed by atoms with van der Waals surface area (Å²) >= 11 is 0. The van der Waals surface area contributed by atoms with Crippen LogP contribution < -0.4 is 11.1 Å². The minimum absolute atomic E-state index is 0.408. The standard InChI is InChI=1S/C11H24N2/c1-2-11(12)10-7-5-3-4-6-8-13-9-10/h10-11,13H,2-9,12H2,1H3. The van der Waals surface area contributed by atoms with Gasteiger partial charge in [-0.3, -0.25) is 0 Å². The lowest BCUT2D eigenvalue weighted by atomic mass is 9.92. The van der Waals surface area contributed by atoms with Gasteiger partial charge >= 0.3 is 0 Å². The van der Waals surface area contributed by atoms with Crippen molar-refractivity contribution in [3.05, 3.63) is 0 Å². The molecular weight excluding hydrogens is 160 g/mol. The molecule has 0 radical (unpaired) electrons. The molecule has 2 heteroatoms.